The first kappa shape index (κ1) is 14.1. The first-order chi connectivity index (χ1) is 8.70. The van der Waals surface area contributed by atoms with Gasteiger partial charge in [0, 0.05) is 20.5 Å². The third kappa shape index (κ3) is 3.59. The Morgan fingerprint density at radius 2 is 2.22 bits per heavy atom. The lowest BCUT2D eigenvalue weighted by Crippen LogP contribution is -2.23. The van der Waals surface area contributed by atoms with Crippen LogP contribution in [-0.4, -0.2) is 6.54 Å². The second-order valence-corrected chi connectivity index (χ2v) is 6.14. The van der Waals surface area contributed by atoms with Crippen LogP contribution in [0.2, 0.25) is 0 Å². The summed E-state index contributed by atoms with van der Waals surface area (Å²) >= 11 is 5.92. The van der Waals surface area contributed by atoms with E-state index in [1.165, 1.54) is 9.13 Å². The molecule has 0 saturated heterocycles. The molecule has 0 bridgehead atoms. The number of halogens is 2. The molecule has 1 unspecified atom stereocenters. The number of furan rings is 1. The average Bonchev–Trinajstić information content (AvgIpc) is 2.85. The van der Waals surface area contributed by atoms with Crippen molar-refractivity contribution in [1.82, 2.24) is 5.32 Å². The van der Waals surface area contributed by atoms with Crippen LogP contribution in [0.4, 0.5) is 0 Å². The molecule has 0 aliphatic rings. The Bertz CT molecular complexity index is 499. The molecule has 0 fully saturated rings. The molecule has 2 aromatic rings. The van der Waals surface area contributed by atoms with Crippen molar-refractivity contribution < 1.29 is 4.42 Å². The lowest BCUT2D eigenvalue weighted by atomic mass is 10.0. The maximum atomic E-state index is 5.45. The summed E-state index contributed by atoms with van der Waals surface area (Å²) in [5, 5.41) is 3.52. The summed E-state index contributed by atoms with van der Waals surface area (Å²) in [4.78, 5) is 0. The van der Waals surface area contributed by atoms with Gasteiger partial charge >= 0.3 is 0 Å². The van der Waals surface area contributed by atoms with Crippen LogP contribution in [-0.2, 0) is 6.42 Å². The Morgan fingerprint density at radius 3 is 2.89 bits per heavy atom. The molecule has 18 heavy (non-hydrogen) atoms. The van der Waals surface area contributed by atoms with Crippen LogP contribution in [0.3, 0.4) is 0 Å². The number of likely N-dealkylation sites (N-methyl/N-ethyl adjacent to an activating group) is 1. The summed E-state index contributed by atoms with van der Waals surface area (Å²) in [6.07, 6.45) is 2.59. The molecule has 1 N–H and O–H groups in total. The third-order valence-electron chi connectivity index (χ3n) is 2.77. The van der Waals surface area contributed by atoms with Gasteiger partial charge in [-0.3, -0.25) is 0 Å². The molecule has 0 amide bonds. The highest BCUT2D eigenvalue weighted by Crippen LogP contribution is 2.26. The molecule has 0 radical (unpaired) electrons. The van der Waals surface area contributed by atoms with Crippen molar-refractivity contribution in [1.29, 1.82) is 0 Å². The van der Waals surface area contributed by atoms with Gasteiger partial charge < -0.3 is 9.73 Å². The molecule has 2 rings (SSSR count). The highest BCUT2D eigenvalue weighted by molar-refractivity contribution is 14.1. The van der Waals surface area contributed by atoms with Crippen LogP contribution in [0, 0.1) is 3.57 Å². The minimum Gasteiger partial charge on any atom is -0.469 e. The van der Waals surface area contributed by atoms with E-state index in [1.54, 1.807) is 6.26 Å². The topological polar surface area (TPSA) is 25.2 Å². The first-order valence-corrected chi connectivity index (χ1v) is 7.78. The van der Waals surface area contributed by atoms with E-state index in [2.05, 4.69) is 69.0 Å². The van der Waals surface area contributed by atoms with E-state index < -0.39 is 0 Å². The average molecular weight is 420 g/mol. The van der Waals surface area contributed by atoms with Gasteiger partial charge in [0.2, 0.25) is 0 Å². The predicted octanol–water partition coefficient (Wildman–Crippen LogP) is 4.54. The monoisotopic (exact) mass is 419 g/mol. The lowest BCUT2D eigenvalue weighted by molar-refractivity contribution is 0.454. The highest BCUT2D eigenvalue weighted by atomic mass is 127. The number of hydrogen-bond acceptors (Lipinski definition) is 2. The fourth-order valence-electron chi connectivity index (χ4n) is 1.95. The van der Waals surface area contributed by atoms with Crippen LogP contribution in [0.15, 0.2) is 45.5 Å². The van der Waals surface area contributed by atoms with Gasteiger partial charge in [0.25, 0.3) is 0 Å². The quantitative estimate of drug-likeness (QED) is 0.719. The van der Waals surface area contributed by atoms with Crippen molar-refractivity contribution in [3.8, 4) is 0 Å². The third-order valence-corrected chi connectivity index (χ3v) is 4.25. The minimum atomic E-state index is 0.283. The molecule has 1 aromatic carbocycles. The van der Waals surface area contributed by atoms with Gasteiger partial charge in [0.15, 0.2) is 0 Å². The van der Waals surface area contributed by atoms with E-state index in [9.17, 15) is 0 Å². The molecule has 0 spiro atoms. The van der Waals surface area contributed by atoms with Gasteiger partial charge in [0.05, 0.1) is 6.26 Å². The Kier molecular flexibility index (Phi) is 5.26. The molecule has 1 aromatic heterocycles. The summed E-state index contributed by atoms with van der Waals surface area (Å²) in [7, 11) is 0. The van der Waals surface area contributed by atoms with E-state index in [-0.39, 0.29) is 6.04 Å². The molecule has 0 aliphatic heterocycles. The summed E-state index contributed by atoms with van der Waals surface area (Å²) in [5.74, 6) is 1.01. The lowest BCUT2D eigenvalue weighted by Gasteiger charge is -2.19. The van der Waals surface area contributed by atoms with Crippen molar-refractivity contribution in [3.63, 3.8) is 0 Å². The SMILES string of the molecule is CCNC(Cc1ccco1)c1cc(Br)ccc1I. The molecule has 0 saturated carbocycles. The van der Waals surface area contributed by atoms with Crippen molar-refractivity contribution in [3.05, 3.63) is 56.0 Å². The van der Waals surface area contributed by atoms with Gasteiger partial charge in [-0.1, -0.05) is 22.9 Å². The Labute approximate surface area is 129 Å². The second-order valence-electron chi connectivity index (χ2n) is 4.06. The van der Waals surface area contributed by atoms with Crippen molar-refractivity contribution in [2.75, 3.05) is 6.54 Å². The van der Waals surface area contributed by atoms with Gasteiger partial charge in [0.1, 0.15) is 5.76 Å². The van der Waals surface area contributed by atoms with Crippen LogP contribution in [0.5, 0.6) is 0 Å². The Hall–Kier alpha value is -0.330. The van der Waals surface area contributed by atoms with Gasteiger partial charge in [-0.15, -0.1) is 0 Å². The maximum absolute atomic E-state index is 5.45. The number of rotatable bonds is 5. The summed E-state index contributed by atoms with van der Waals surface area (Å²) < 4.78 is 7.83. The van der Waals surface area contributed by atoms with Crippen molar-refractivity contribution in [2.45, 2.75) is 19.4 Å². The number of hydrogen-bond donors (Lipinski definition) is 1. The molecular formula is C14H15BrINO. The molecule has 4 heteroatoms. The zero-order valence-corrected chi connectivity index (χ0v) is 13.9. The maximum Gasteiger partial charge on any atom is 0.105 e. The normalized spacial score (nSPS) is 12.6. The van der Waals surface area contributed by atoms with Crippen LogP contribution in [0.1, 0.15) is 24.3 Å². The fourth-order valence-corrected chi connectivity index (χ4v) is 3.04. The van der Waals surface area contributed by atoms with Gasteiger partial charge in [-0.2, -0.15) is 0 Å². The van der Waals surface area contributed by atoms with E-state index in [0.717, 1.165) is 23.2 Å². The molecule has 2 nitrogen and oxygen atoms in total. The minimum absolute atomic E-state index is 0.283. The Balaban J connectivity index is 2.26. The van der Waals surface area contributed by atoms with Crippen molar-refractivity contribution >= 4 is 38.5 Å². The molecule has 1 heterocycles. The van der Waals surface area contributed by atoms with E-state index in [4.69, 9.17) is 4.42 Å². The van der Waals surface area contributed by atoms with E-state index >= 15 is 0 Å². The largest absolute Gasteiger partial charge is 0.469 e. The van der Waals surface area contributed by atoms with E-state index in [0.29, 0.717) is 0 Å². The zero-order chi connectivity index (χ0) is 13.0. The smallest absolute Gasteiger partial charge is 0.105 e. The summed E-state index contributed by atoms with van der Waals surface area (Å²) in [6, 6.07) is 10.6. The molecule has 0 aliphatic carbocycles. The number of nitrogens with one attached hydrogen (secondary N) is 1. The fraction of sp³-hybridized carbons (Fsp3) is 0.286. The van der Waals surface area contributed by atoms with Crippen LogP contribution in [0.25, 0.3) is 0 Å². The van der Waals surface area contributed by atoms with Crippen LogP contribution < -0.4 is 5.32 Å². The molecule has 96 valence electrons. The predicted molar refractivity (Wildman–Crippen MR) is 85.7 cm³/mol. The van der Waals surface area contributed by atoms with Crippen LogP contribution >= 0.6 is 38.5 Å². The van der Waals surface area contributed by atoms with E-state index in [1.807, 2.05) is 12.1 Å². The highest BCUT2D eigenvalue weighted by Gasteiger charge is 2.15. The molecular weight excluding hydrogens is 405 g/mol. The van der Waals surface area contributed by atoms with Gasteiger partial charge in [-0.25, -0.2) is 0 Å². The van der Waals surface area contributed by atoms with Gasteiger partial charge in [-0.05, 0) is 65.0 Å². The van der Waals surface area contributed by atoms with Crippen molar-refractivity contribution in [2.24, 2.45) is 0 Å². The summed E-state index contributed by atoms with van der Waals surface area (Å²) in [5.41, 5.74) is 1.31. The second kappa shape index (κ2) is 6.73. The number of benzene rings is 1. The Morgan fingerprint density at radius 1 is 1.39 bits per heavy atom. The summed E-state index contributed by atoms with van der Waals surface area (Å²) in [6.45, 7) is 3.06. The molecule has 1 atom stereocenters. The zero-order valence-electron chi connectivity index (χ0n) is 10.1. The first-order valence-electron chi connectivity index (χ1n) is 5.91. The standard InChI is InChI=1S/C14H15BrINO/c1-2-17-14(9-11-4-3-7-18-11)12-8-10(15)5-6-13(12)16/h3-8,14,17H,2,9H2,1H3.